The van der Waals surface area contributed by atoms with E-state index in [0.717, 1.165) is 44.5 Å². The SMILES string of the molecule is CCCCCCCOc1ccc(C[C@@H]2CCCC[C@@]2(N)CO)cc1. The van der Waals surface area contributed by atoms with E-state index in [4.69, 9.17) is 10.5 Å². The van der Waals surface area contributed by atoms with Crippen molar-refractivity contribution in [1.29, 1.82) is 0 Å². The van der Waals surface area contributed by atoms with Gasteiger partial charge in [-0.15, -0.1) is 0 Å². The summed E-state index contributed by atoms with van der Waals surface area (Å²) in [7, 11) is 0. The minimum atomic E-state index is -0.397. The predicted octanol–water partition coefficient (Wildman–Crippen LogP) is 4.46. The van der Waals surface area contributed by atoms with Crippen LogP contribution in [0.4, 0.5) is 0 Å². The van der Waals surface area contributed by atoms with E-state index in [0.29, 0.717) is 5.92 Å². The Morgan fingerprint density at radius 2 is 1.88 bits per heavy atom. The summed E-state index contributed by atoms with van der Waals surface area (Å²) in [4.78, 5) is 0. The zero-order valence-corrected chi connectivity index (χ0v) is 15.3. The lowest BCUT2D eigenvalue weighted by molar-refractivity contribution is 0.1000. The zero-order valence-electron chi connectivity index (χ0n) is 15.3. The zero-order chi connectivity index (χ0) is 17.3. The third-order valence-corrected chi connectivity index (χ3v) is 5.47. The Morgan fingerprint density at radius 3 is 2.58 bits per heavy atom. The van der Waals surface area contributed by atoms with Crippen molar-refractivity contribution >= 4 is 0 Å². The fraction of sp³-hybridized carbons (Fsp3) is 0.714. The molecule has 1 fully saturated rings. The van der Waals surface area contributed by atoms with Crippen molar-refractivity contribution < 1.29 is 9.84 Å². The molecule has 1 saturated carbocycles. The molecule has 0 heterocycles. The molecule has 0 bridgehead atoms. The molecule has 24 heavy (non-hydrogen) atoms. The minimum Gasteiger partial charge on any atom is -0.494 e. The second-order valence-electron chi connectivity index (χ2n) is 7.44. The highest BCUT2D eigenvalue weighted by Gasteiger charge is 2.36. The van der Waals surface area contributed by atoms with Crippen LogP contribution in [0.25, 0.3) is 0 Å². The first kappa shape index (κ1) is 19.3. The Hall–Kier alpha value is -1.06. The van der Waals surface area contributed by atoms with Gasteiger partial charge in [0.15, 0.2) is 0 Å². The highest BCUT2D eigenvalue weighted by Crippen LogP contribution is 2.34. The van der Waals surface area contributed by atoms with Crippen molar-refractivity contribution in [2.24, 2.45) is 11.7 Å². The third kappa shape index (κ3) is 5.78. The van der Waals surface area contributed by atoms with Crippen LogP contribution in [0.3, 0.4) is 0 Å². The molecule has 1 aromatic rings. The second kappa shape index (κ2) is 10.0. The van der Waals surface area contributed by atoms with Crippen LogP contribution >= 0.6 is 0 Å². The van der Waals surface area contributed by atoms with Crippen LogP contribution in [0.1, 0.15) is 70.3 Å². The van der Waals surface area contributed by atoms with Gasteiger partial charge in [0.1, 0.15) is 5.75 Å². The van der Waals surface area contributed by atoms with E-state index in [1.807, 2.05) is 0 Å². The number of aliphatic hydroxyl groups is 1. The first-order valence-electron chi connectivity index (χ1n) is 9.79. The number of ether oxygens (including phenoxy) is 1. The Labute approximate surface area is 147 Å². The molecule has 0 amide bonds. The monoisotopic (exact) mass is 333 g/mol. The lowest BCUT2D eigenvalue weighted by Crippen LogP contribution is -2.53. The number of aliphatic hydroxyl groups excluding tert-OH is 1. The number of unbranched alkanes of at least 4 members (excludes halogenated alkanes) is 4. The summed E-state index contributed by atoms with van der Waals surface area (Å²) in [6, 6.07) is 8.44. The molecule has 0 aromatic heterocycles. The van der Waals surface area contributed by atoms with Crippen LogP contribution in [0, 0.1) is 5.92 Å². The van der Waals surface area contributed by atoms with Crippen molar-refractivity contribution in [3.05, 3.63) is 29.8 Å². The molecule has 136 valence electrons. The molecule has 0 unspecified atom stereocenters. The molecule has 3 N–H and O–H groups in total. The first-order valence-corrected chi connectivity index (χ1v) is 9.79. The van der Waals surface area contributed by atoms with Gasteiger partial charge in [0.05, 0.1) is 13.2 Å². The Bertz CT molecular complexity index is 459. The summed E-state index contributed by atoms with van der Waals surface area (Å²) in [6.07, 6.45) is 11.7. The smallest absolute Gasteiger partial charge is 0.119 e. The Kier molecular flexibility index (Phi) is 8.07. The van der Waals surface area contributed by atoms with Crippen LogP contribution < -0.4 is 10.5 Å². The van der Waals surface area contributed by atoms with Crippen molar-refractivity contribution in [2.75, 3.05) is 13.2 Å². The highest BCUT2D eigenvalue weighted by molar-refractivity contribution is 5.28. The molecular formula is C21H35NO2. The summed E-state index contributed by atoms with van der Waals surface area (Å²) >= 11 is 0. The topological polar surface area (TPSA) is 55.5 Å². The van der Waals surface area contributed by atoms with E-state index in [1.54, 1.807) is 0 Å². The van der Waals surface area contributed by atoms with E-state index in [1.165, 1.54) is 37.7 Å². The van der Waals surface area contributed by atoms with Crippen molar-refractivity contribution in [1.82, 2.24) is 0 Å². The molecule has 1 aliphatic carbocycles. The first-order chi connectivity index (χ1) is 11.7. The summed E-state index contributed by atoms with van der Waals surface area (Å²) in [5, 5.41) is 9.67. The molecule has 0 aliphatic heterocycles. The number of nitrogens with two attached hydrogens (primary N) is 1. The van der Waals surface area contributed by atoms with Crippen molar-refractivity contribution in [3.63, 3.8) is 0 Å². The van der Waals surface area contributed by atoms with Gasteiger partial charge >= 0.3 is 0 Å². The van der Waals surface area contributed by atoms with E-state index in [-0.39, 0.29) is 6.61 Å². The Morgan fingerprint density at radius 1 is 1.12 bits per heavy atom. The number of benzene rings is 1. The van der Waals surface area contributed by atoms with Gasteiger partial charge in [-0.3, -0.25) is 0 Å². The molecule has 3 heteroatoms. The maximum atomic E-state index is 9.67. The summed E-state index contributed by atoms with van der Waals surface area (Å²) in [6.45, 7) is 3.14. The van der Waals surface area contributed by atoms with Gasteiger partial charge in [0.2, 0.25) is 0 Å². The second-order valence-corrected chi connectivity index (χ2v) is 7.44. The van der Waals surface area contributed by atoms with Gasteiger partial charge in [-0.05, 0) is 49.3 Å². The number of hydrogen-bond acceptors (Lipinski definition) is 3. The lowest BCUT2D eigenvalue weighted by atomic mass is 9.71. The molecular weight excluding hydrogens is 298 g/mol. The van der Waals surface area contributed by atoms with Gasteiger partial charge in [-0.2, -0.15) is 0 Å². The van der Waals surface area contributed by atoms with Crippen LogP contribution in [-0.4, -0.2) is 23.9 Å². The van der Waals surface area contributed by atoms with Crippen LogP contribution in [-0.2, 0) is 6.42 Å². The molecule has 3 nitrogen and oxygen atoms in total. The van der Waals surface area contributed by atoms with E-state index >= 15 is 0 Å². The average Bonchev–Trinajstić information content (AvgIpc) is 2.61. The molecule has 2 rings (SSSR count). The van der Waals surface area contributed by atoms with Crippen LogP contribution in [0.15, 0.2) is 24.3 Å². The van der Waals surface area contributed by atoms with E-state index < -0.39 is 5.54 Å². The van der Waals surface area contributed by atoms with Crippen LogP contribution in [0.5, 0.6) is 5.75 Å². The fourth-order valence-electron chi connectivity index (χ4n) is 3.75. The van der Waals surface area contributed by atoms with Gasteiger partial charge in [0.25, 0.3) is 0 Å². The summed E-state index contributed by atoms with van der Waals surface area (Å²) in [5.41, 5.74) is 7.32. The third-order valence-electron chi connectivity index (χ3n) is 5.47. The van der Waals surface area contributed by atoms with E-state index in [9.17, 15) is 5.11 Å². The van der Waals surface area contributed by atoms with Gasteiger partial charge < -0.3 is 15.6 Å². The summed E-state index contributed by atoms with van der Waals surface area (Å²) in [5.74, 6) is 1.33. The largest absolute Gasteiger partial charge is 0.494 e. The maximum Gasteiger partial charge on any atom is 0.119 e. The number of rotatable bonds is 10. The van der Waals surface area contributed by atoms with Gasteiger partial charge in [-0.1, -0.05) is 57.6 Å². The standard InChI is InChI=1S/C21H35NO2/c1-2-3-4-5-8-15-24-20-12-10-18(11-13-20)16-19-9-6-7-14-21(19,22)17-23/h10-13,19,23H,2-9,14-17,22H2,1H3/t19-,21+/m0/s1. The molecule has 2 atom stereocenters. The fourth-order valence-corrected chi connectivity index (χ4v) is 3.75. The van der Waals surface area contributed by atoms with Crippen LogP contribution in [0.2, 0.25) is 0 Å². The molecule has 1 aliphatic rings. The molecule has 1 aromatic carbocycles. The lowest BCUT2D eigenvalue weighted by Gasteiger charge is -2.40. The molecule has 0 spiro atoms. The number of hydrogen-bond donors (Lipinski definition) is 2. The maximum absolute atomic E-state index is 9.67. The highest BCUT2D eigenvalue weighted by atomic mass is 16.5. The molecule has 0 radical (unpaired) electrons. The van der Waals surface area contributed by atoms with Gasteiger partial charge in [0, 0.05) is 5.54 Å². The molecule has 0 saturated heterocycles. The normalized spacial score (nSPS) is 24.0. The van der Waals surface area contributed by atoms with Crippen molar-refractivity contribution in [2.45, 2.75) is 76.7 Å². The van der Waals surface area contributed by atoms with Crippen molar-refractivity contribution in [3.8, 4) is 5.75 Å². The Balaban J connectivity index is 1.77. The summed E-state index contributed by atoms with van der Waals surface area (Å²) < 4.78 is 5.83. The average molecular weight is 334 g/mol. The quantitative estimate of drug-likeness (QED) is 0.622. The van der Waals surface area contributed by atoms with E-state index in [2.05, 4.69) is 31.2 Å². The minimum absolute atomic E-state index is 0.0941. The van der Waals surface area contributed by atoms with Gasteiger partial charge in [-0.25, -0.2) is 0 Å². The predicted molar refractivity (Wildman–Crippen MR) is 100 cm³/mol.